The highest BCUT2D eigenvalue weighted by molar-refractivity contribution is 5.72. The summed E-state index contributed by atoms with van der Waals surface area (Å²) in [5.41, 5.74) is 3.12. The number of H-pyrrole nitrogens is 1. The summed E-state index contributed by atoms with van der Waals surface area (Å²) < 4.78 is 0. The van der Waals surface area contributed by atoms with E-state index in [0.29, 0.717) is 11.3 Å². The van der Waals surface area contributed by atoms with E-state index in [9.17, 15) is 10.2 Å². The molecule has 4 heteroatoms. The molecular weight excluding hydrogens is 240 g/mol. The lowest BCUT2D eigenvalue weighted by atomic mass is 10.1. The number of hydrogen-bond donors (Lipinski definition) is 3. The van der Waals surface area contributed by atoms with Crippen molar-refractivity contribution in [2.45, 2.75) is 0 Å². The van der Waals surface area contributed by atoms with Gasteiger partial charge in [-0.2, -0.15) is 5.10 Å². The van der Waals surface area contributed by atoms with Crippen molar-refractivity contribution < 1.29 is 10.2 Å². The van der Waals surface area contributed by atoms with Gasteiger partial charge in [0, 0.05) is 17.2 Å². The Kier molecular flexibility index (Phi) is 2.68. The normalized spacial score (nSPS) is 10.5. The third-order valence-electron chi connectivity index (χ3n) is 2.92. The van der Waals surface area contributed by atoms with Crippen LogP contribution in [0.25, 0.3) is 22.5 Å². The lowest BCUT2D eigenvalue weighted by Crippen LogP contribution is -1.79. The first kappa shape index (κ1) is 11.3. The first-order valence-corrected chi connectivity index (χ1v) is 5.87. The molecule has 0 aliphatic heterocycles. The maximum Gasteiger partial charge on any atom is 0.128 e. The quantitative estimate of drug-likeness (QED) is 0.656. The van der Waals surface area contributed by atoms with Gasteiger partial charge in [-0.25, -0.2) is 0 Å². The molecule has 2 aromatic carbocycles. The van der Waals surface area contributed by atoms with E-state index in [1.54, 1.807) is 6.07 Å². The number of aromatic hydroxyl groups is 2. The topological polar surface area (TPSA) is 69.1 Å². The minimum Gasteiger partial charge on any atom is -0.508 e. The summed E-state index contributed by atoms with van der Waals surface area (Å²) >= 11 is 0. The van der Waals surface area contributed by atoms with E-state index < -0.39 is 0 Å². The minimum absolute atomic E-state index is 0.0169. The highest BCUT2D eigenvalue weighted by atomic mass is 16.3. The monoisotopic (exact) mass is 252 g/mol. The largest absolute Gasteiger partial charge is 0.508 e. The van der Waals surface area contributed by atoms with E-state index in [2.05, 4.69) is 10.2 Å². The van der Waals surface area contributed by atoms with E-state index in [0.717, 1.165) is 11.3 Å². The summed E-state index contributed by atoms with van der Waals surface area (Å²) in [6, 6.07) is 16.1. The molecule has 19 heavy (non-hydrogen) atoms. The Morgan fingerprint density at radius 3 is 2.42 bits per heavy atom. The molecule has 0 radical (unpaired) electrons. The zero-order chi connectivity index (χ0) is 13.2. The Bertz CT molecular complexity index is 705. The smallest absolute Gasteiger partial charge is 0.128 e. The molecule has 0 saturated carbocycles. The fourth-order valence-electron chi connectivity index (χ4n) is 1.96. The molecule has 0 fully saturated rings. The molecule has 3 aromatic rings. The second-order valence-corrected chi connectivity index (χ2v) is 4.23. The van der Waals surface area contributed by atoms with Crippen LogP contribution in [0.2, 0.25) is 0 Å². The van der Waals surface area contributed by atoms with Crippen LogP contribution in [0, 0.1) is 0 Å². The van der Waals surface area contributed by atoms with Gasteiger partial charge in [0.15, 0.2) is 0 Å². The highest BCUT2D eigenvalue weighted by Gasteiger charge is 2.09. The molecule has 0 spiro atoms. The van der Waals surface area contributed by atoms with Crippen LogP contribution >= 0.6 is 0 Å². The van der Waals surface area contributed by atoms with Crippen molar-refractivity contribution in [3.8, 4) is 34.0 Å². The summed E-state index contributed by atoms with van der Waals surface area (Å²) in [5, 5.41) is 26.2. The summed E-state index contributed by atoms with van der Waals surface area (Å²) in [6.45, 7) is 0. The SMILES string of the molecule is Oc1ccc(-c2cc(-c3ccccc3)n[nH]2)c(O)c1. The second kappa shape index (κ2) is 4.49. The van der Waals surface area contributed by atoms with Gasteiger partial charge in [-0.05, 0) is 18.2 Å². The van der Waals surface area contributed by atoms with Crippen molar-refractivity contribution in [3.63, 3.8) is 0 Å². The van der Waals surface area contributed by atoms with Crippen molar-refractivity contribution in [2.24, 2.45) is 0 Å². The maximum absolute atomic E-state index is 9.82. The highest BCUT2D eigenvalue weighted by Crippen LogP contribution is 2.32. The first-order chi connectivity index (χ1) is 9.24. The van der Waals surface area contributed by atoms with Crippen molar-refractivity contribution >= 4 is 0 Å². The third kappa shape index (κ3) is 2.15. The van der Waals surface area contributed by atoms with Gasteiger partial charge in [-0.3, -0.25) is 5.10 Å². The van der Waals surface area contributed by atoms with Crippen molar-refractivity contribution in [2.75, 3.05) is 0 Å². The average Bonchev–Trinajstić information content (AvgIpc) is 2.89. The standard InChI is InChI=1S/C15H12N2O2/c18-11-6-7-12(15(19)8-11)14-9-13(16-17-14)10-4-2-1-3-5-10/h1-9,18-19H,(H,16,17). The summed E-state index contributed by atoms with van der Waals surface area (Å²) in [4.78, 5) is 0. The fourth-order valence-corrected chi connectivity index (χ4v) is 1.96. The predicted octanol–water partition coefficient (Wildman–Crippen LogP) is 3.15. The molecule has 4 nitrogen and oxygen atoms in total. The van der Waals surface area contributed by atoms with Crippen LogP contribution in [0.15, 0.2) is 54.6 Å². The Morgan fingerprint density at radius 1 is 0.895 bits per heavy atom. The molecule has 0 atom stereocenters. The molecule has 0 aliphatic rings. The Balaban J connectivity index is 2.02. The number of nitrogens with zero attached hydrogens (tertiary/aromatic N) is 1. The van der Waals surface area contributed by atoms with Crippen LogP contribution in [0.3, 0.4) is 0 Å². The number of hydrogen-bond acceptors (Lipinski definition) is 3. The molecule has 0 unspecified atom stereocenters. The van der Waals surface area contributed by atoms with Crippen LogP contribution in [-0.4, -0.2) is 20.4 Å². The van der Waals surface area contributed by atoms with Crippen molar-refractivity contribution in [3.05, 3.63) is 54.6 Å². The van der Waals surface area contributed by atoms with Crippen molar-refractivity contribution in [1.82, 2.24) is 10.2 Å². The molecular formula is C15H12N2O2. The lowest BCUT2D eigenvalue weighted by Gasteiger charge is -2.01. The zero-order valence-corrected chi connectivity index (χ0v) is 10.0. The van der Waals surface area contributed by atoms with E-state index in [1.807, 2.05) is 36.4 Å². The van der Waals surface area contributed by atoms with Gasteiger partial charge in [0.2, 0.25) is 0 Å². The fraction of sp³-hybridized carbons (Fsp3) is 0. The molecule has 0 bridgehead atoms. The number of aromatic amines is 1. The Morgan fingerprint density at radius 2 is 1.68 bits per heavy atom. The lowest BCUT2D eigenvalue weighted by molar-refractivity contribution is 0.452. The van der Waals surface area contributed by atoms with E-state index in [-0.39, 0.29) is 11.5 Å². The molecule has 3 rings (SSSR count). The number of aromatic nitrogens is 2. The number of benzene rings is 2. The first-order valence-electron chi connectivity index (χ1n) is 5.87. The second-order valence-electron chi connectivity index (χ2n) is 4.23. The minimum atomic E-state index is 0.0169. The Hall–Kier alpha value is -2.75. The molecule has 94 valence electrons. The van der Waals surface area contributed by atoms with Gasteiger partial charge < -0.3 is 10.2 Å². The number of nitrogens with one attached hydrogen (secondary N) is 1. The Labute approximate surface area is 110 Å². The number of phenolic OH excluding ortho intramolecular Hbond substituents is 2. The van der Waals surface area contributed by atoms with Crippen LogP contribution < -0.4 is 0 Å². The zero-order valence-electron chi connectivity index (χ0n) is 10.0. The van der Waals surface area contributed by atoms with Crippen LogP contribution in [-0.2, 0) is 0 Å². The van der Waals surface area contributed by atoms with Gasteiger partial charge in [0.1, 0.15) is 11.5 Å². The number of rotatable bonds is 2. The van der Waals surface area contributed by atoms with Crippen LogP contribution in [0.4, 0.5) is 0 Å². The predicted molar refractivity (Wildman–Crippen MR) is 72.8 cm³/mol. The number of phenols is 2. The van der Waals surface area contributed by atoms with E-state index >= 15 is 0 Å². The van der Waals surface area contributed by atoms with Gasteiger partial charge in [0.25, 0.3) is 0 Å². The average molecular weight is 252 g/mol. The van der Waals surface area contributed by atoms with E-state index in [1.165, 1.54) is 12.1 Å². The molecule has 0 amide bonds. The maximum atomic E-state index is 9.82. The molecule has 3 N–H and O–H groups in total. The van der Waals surface area contributed by atoms with Gasteiger partial charge in [-0.15, -0.1) is 0 Å². The van der Waals surface area contributed by atoms with Gasteiger partial charge >= 0.3 is 0 Å². The van der Waals surface area contributed by atoms with Gasteiger partial charge in [-0.1, -0.05) is 30.3 Å². The summed E-state index contributed by atoms with van der Waals surface area (Å²) in [7, 11) is 0. The van der Waals surface area contributed by atoms with Crippen LogP contribution in [0.1, 0.15) is 0 Å². The summed E-state index contributed by atoms with van der Waals surface area (Å²) in [5.74, 6) is 0.0484. The molecule has 0 aliphatic carbocycles. The molecule has 1 heterocycles. The summed E-state index contributed by atoms with van der Waals surface area (Å²) in [6.07, 6.45) is 0. The van der Waals surface area contributed by atoms with Crippen molar-refractivity contribution in [1.29, 1.82) is 0 Å². The molecule has 0 saturated heterocycles. The van der Waals surface area contributed by atoms with E-state index in [4.69, 9.17) is 0 Å². The van der Waals surface area contributed by atoms with Crippen LogP contribution in [0.5, 0.6) is 11.5 Å². The molecule has 1 aromatic heterocycles. The van der Waals surface area contributed by atoms with Gasteiger partial charge in [0.05, 0.1) is 11.4 Å². The third-order valence-corrected chi connectivity index (χ3v) is 2.92.